The monoisotopic (exact) mass is 491 g/mol. The predicted molar refractivity (Wildman–Crippen MR) is 120 cm³/mol. The van der Waals surface area contributed by atoms with E-state index < -0.39 is 76.7 Å². The van der Waals surface area contributed by atoms with Gasteiger partial charge in [0.2, 0.25) is 0 Å². The Hall–Kier alpha value is -2.13. The van der Waals surface area contributed by atoms with Crippen LogP contribution in [0.2, 0.25) is 0 Å². The standard InChI is InChI=1S/C25H31F2N3O5/c1-4-5-21-34-20-10-14-15-9-17(26)16-8-13(31)6-7-22(16,2)24(15,27)18(32)11-23(14,3)25(20,35-21)19(33)12-29-30-28/h6-8,14-15,17-18,20-21,32H,4-5,9-12H2,1-3H3/t14-,15-,17-,18-,20+,21?,22-,23-,24-,25+/m0/s1. The first kappa shape index (κ1) is 24.6. The molecule has 0 aromatic heterocycles. The summed E-state index contributed by atoms with van der Waals surface area (Å²) in [5, 5.41) is 14.9. The fourth-order valence-corrected chi connectivity index (χ4v) is 8.10. The molecule has 0 spiro atoms. The Morgan fingerprint density at radius 1 is 1.34 bits per heavy atom. The number of halogens is 2. The van der Waals surface area contributed by atoms with Crippen LogP contribution in [0.15, 0.2) is 28.9 Å². The van der Waals surface area contributed by atoms with Crippen LogP contribution >= 0.6 is 0 Å². The zero-order valence-corrected chi connectivity index (χ0v) is 20.1. The number of carbonyl (C=O) groups excluding carboxylic acids is 2. The molecule has 8 nitrogen and oxygen atoms in total. The number of carbonyl (C=O) groups is 2. The van der Waals surface area contributed by atoms with E-state index in [1.807, 2.05) is 6.92 Å². The average molecular weight is 492 g/mol. The summed E-state index contributed by atoms with van der Waals surface area (Å²) in [5.74, 6) is -2.36. The first-order valence-electron chi connectivity index (χ1n) is 12.3. The molecule has 4 fully saturated rings. The number of hydrogen-bond acceptors (Lipinski definition) is 6. The highest BCUT2D eigenvalue weighted by molar-refractivity contribution is 6.01. The SMILES string of the molecule is CCCC1O[C@@H]2C[C@H]3[C@@H]4C[C@H](F)C5=CC(=O)C=C[C@]5(C)[C@@]4(F)[C@@H](O)C[C@]3(C)[C@]2(C(=O)CN=[N+]=[N-])O1. The van der Waals surface area contributed by atoms with Gasteiger partial charge < -0.3 is 14.6 Å². The molecular weight excluding hydrogens is 460 g/mol. The van der Waals surface area contributed by atoms with Crippen molar-refractivity contribution in [3.63, 3.8) is 0 Å². The Labute approximate surface area is 202 Å². The van der Waals surface area contributed by atoms with Crippen LogP contribution in [0.4, 0.5) is 8.78 Å². The third-order valence-electron chi connectivity index (χ3n) is 9.64. The Morgan fingerprint density at radius 2 is 2.09 bits per heavy atom. The molecule has 5 rings (SSSR count). The summed E-state index contributed by atoms with van der Waals surface area (Å²) in [5.41, 5.74) is 2.50. The third-order valence-corrected chi connectivity index (χ3v) is 9.64. The van der Waals surface area contributed by atoms with Crippen molar-refractivity contribution >= 4 is 11.6 Å². The Morgan fingerprint density at radius 3 is 2.77 bits per heavy atom. The number of ketones is 2. The Kier molecular flexibility index (Phi) is 5.57. The molecule has 0 radical (unpaired) electrons. The van der Waals surface area contributed by atoms with E-state index in [9.17, 15) is 14.7 Å². The minimum Gasteiger partial charge on any atom is -0.390 e. The molecule has 0 bridgehead atoms. The first-order chi connectivity index (χ1) is 16.5. The van der Waals surface area contributed by atoms with Crippen LogP contribution < -0.4 is 0 Å². The maximum Gasteiger partial charge on any atom is 0.178 e. The highest BCUT2D eigenvalue weighted by atomic mass is 19.1. The number of fused-ring (bicyclic) bond motifs is 7. The van der Waals surface area contributed by atoms with Crippen molar-refractivity contribution in [2.75, 3.05) is 6.54 Å². The van der Waals surface area contributed by atoms with Gasteiger partial charge in [0.1, 0.15) is 6.17 Å². The Balaban J connectivity index is 1.62. The van der Waals surface area contributed by atoms with E-state index >= 15 is 8.78 Å². The molecular formula is C25H31F2N3O5. The van der Waals surface area contributed by atoms with E-state index in [2.05, 4.69) is 10.0 Å². The van der Waals surface area contributed by atoms with Crippen molar-refractivity contribution in [1.29, 1.82) is 0 Å². The normalized spacial score (nSPS) is 49.9. The maximum atomic E-state index is 17.3. The third kappa shape index (κ3) is 2.91. The van der Waals surface area contributed by atoms with Gasteiger partial charge in [-0.05, 0) is 61.8 Å². The van der Waals surface area contributed by atoms with Gasteiger partial charge in [0, 0.05) is 21.7 Å². The van der Waals surface area contributed by atoms with Crippen LogP contribution in [-0.2, 0) is 19.1 Å². The van der Waals surface area contributed by atoms with E-state index in [0.29, 0.717) is 6.42 Å². The topological polar surface area (TPSA) is 122 Å². The van der Waals surface area contributed by atoms with Gasteiger partial charge in [-0.3, -0.25) is 9.59 Å². The van der Waals surface area contributed by atoms with Crippen molar-refractivity contribution < 1.29 is 33.0 Å². The number of rotatable bonds is 5. The lowest BCUT2D eigenvalue weighted by atomic mass is 9.44. The zero-order valence-electron chi connectivity index (χ0n) is 20.1. The second-order valence-corrected chi connectivity index (χ2v) is 11.1. The van der Waals surface area contributed by atoms with Gasteiger partial charge >= 0.3 is 0 Å². The summed E-state index contributed by atoms with van der Waals surface area (Å²) in [7, 11) is 0. The van der Waals surface area contributed by atoms with Crippen molar-refractivity contribution in [2.24, 2.45) is 27.8 Å². The maximum absolute atomic E-state index is 17.3. The number of nitrogens with zero attached hydrogens (tertiary/aromatic N) is 3. The van der Waals surface area contributed by atoms with E-state index in [4.69, 9.17) is 15.0 Å². The molecule has 1 saturated heterocycles. The molecule has 4 aliphatic carbocycles. The number of aliphatic hydroxyl groups is 1. The van der Waals surface area contributed by atoms with E-state index in [0.717, 1.165) is 12.5 Å². The highest BCUT2D eigenvalue weighted by Gasteiger charge is 2.79. The van der Waals surface area contributed by atoms with Gasteiger partial charge in [-0.1, -0.05) is 31.5 Å². The molecule has 190 valence electrons. The van der Waals surface area contributed by atoms with E-state index in [1.165, 1.54) is 19.1 Å². The van der Waals surface area contributed by atoms with Gasteiger partial charge in [0.25, 0.3) is 0 Å². The molecule has 1 heterocycles. The van der Waals surface area contributed by atoms with Crippen molar-refractivity contribution in [3.05, 3.63) is 34.2 Å². The number of ether oxygens (including phenoxy) is 2. The summed E-state index contributed by atoms with van der Waals surface area (Å²) in [6, 6.07) is 0. The van der Waals surface area contributed by atoms with Crippen LogP contribution in [0.3, 0.4) is 0 Å². The van der Waals surface area contributed by atoms with Crippen LogP contribution in [0.25, 0.3) is 10.4 Å². The lowest BCUT2D eigenvalue weighted by molar-refractivity contribution is -0.233. The lowest BCUT2D eigenvalue weighted by Gasteiger charge is -2.63. The minimum atomic E-state index is -2.25. The molecule has 1 unspecified atom stereocenters. The molecule has 1 N–H and O–H groups in total. The first-order valence-corrected chi connectivity index (χ1v) is 12.3. The fourth-order valence-electron chi connectivity index (χ4n) is 8.10. The number of allylic oxidation sites excluding steroid dienone is 4. The van der Waals surface area contributed by atoms with Gasteiger partial charge in [-0.15, -0.1) is 0 Å². The highest BCUT2D eigenvalue weighted by Crippen LogP contribution is 2.72. The summed E-state index contributed by atoms with van der Waals surface area (Å²) in [4.78, 5) is 28.3. The van der Waals surface area contributed by atoms with Crippen molar-refractivity contribution in [3.8, 4) is 0 Å². The van der Waals surface area contributed by atoms with Crippen molar-refractivity contribution in [2.45, 2.75) is 88.8 Å². The molecule has 0 aromatic carbocycles. The molecule has 35 heavy (non-hydrogen) atoms. The minimum absolute atomic E-state index is 0.0502. The quantitative estimate of drug-likeness (QED) is 0.353. The van der Waals surface area contributed by atoms with Crippen molar-refractivity contribution in [1.82, 2.24) is 0 Å². The van der Waals surface area contributed by atoms with Crippen LogP contribution in [0.1, 0.15) is 52.9 Å². The molecule has 0 aromatic rings. The predicted octanol–water partition coefficient (Wildman–Crippen LogP) is 4.07. The number of hydrogen-bond donors (Lipinski definition) is 1. The van der Waals surface area contributed by atoms with Crippen LogP contribution in [0, 0.1) is 22.7 Å². The molecule has 0 amide bonds. The lowest BCUT2D eigenvalue weighted by Crippen LogP contribution is -2.70. The summed E-state index contributed by atoms with van der Waals surface area (Å²) >= 11 is 0. The molecule has 3 saturated carbocycles. The number of Topliss-reactive ketones (excluding diaryl/α,β-unsaturated/α-hetero) is 1. The van der Waals surface area contributed by atoms with Gasteiger partial charge in [0.15, 0.2) is 29.1 Å². The number of alkyl halides is 2. The second kappa shape index (κ2) is 7.93. The van der Waals surface area contributed by atoms with Crippen LogP contribution in [-0.4, -0.2) is 59.2 Å². The fraction of sp³-hybridized carbons (Fsp3) is 0.760. The summed E-state index contributed by atoms with van der Waals surface area (Å²) in [6.45, 7) is 4.82. The van der Waals surface area contributed by atoms with Gasteiger partial charge in [-0.2, -0.15) is 0 Å². The number of aliphatic hydroxyl groups excluding tert-OH is 1. The smallest absolute Gasteiger partial charge is 0.178 e. The Bertz CT molecular complexity index is 1080. The van der Waals surface area contributed by atoms with E-state index in [-0.39, 0.29) is 24.8 Å². The molecule has 5 aliphatic rings. The second-order valence-electron chi connectivity index (χ2n) is 11.1. The van der Waals surface area contributed by atoms with Gasteiger partial charge in [0.05, 0.1) is 18.8 Å². The average Bonchev–Trinajstić information content (AvgIpc) is 3.28. The van der Waals surface area contributed by atoms with E-state index in [1.54, 1.807) is 6.92 Å². The summed E-state index contributed by atoms with van der Waals surface area (Å²) < 4.78 is 45.4. The molecule has 1 aliphatic heterocycles. The largest absolute Gasteiger partial charge is 0.390 e. The van der Waals surface area contributed by atoms with Gasteiger partial charge in [-0.25, -0.2) is 8.78 Å². The summed E-state index contributed by atoms with van der Waals surface area (Å²) in [6.07, 6.45) is 0.492. The van der Waals surface area contributed by atoms with Crippen LogP contribution in [0.5, 0.6) is 0 Å². The zero-order chi connectivity index (χ0) is 25.4. The molecule has 10 atom stereocenters. The number of azide groups is 1. The molecule has 10 heteroatoms.